The Morgan fingerprint density at radius 3 is 2.05 bits per heavy atom. The number of carbonyl (C=O) groups is 2. The van der Waals surface area contributed by atoms with Gasteiger partial charge >= 0.3 is 0 Å². The van der Waals surface area contributed by atoms with Crippen molar-refractivity contribution in [2.75, 3.05) is 18.0 Å². The van der Waals surface area contributed by atoms with E-state index in [1.54, 1.807) is 43.3 Å². The van der Waals surface area contributed by atoms with Gasteiger partial charge in [-0.15, -0.1) is 0 Å². The Labute approximate surface area is 238 Å². The predicted molar refractivity (Wildman–Crippen MR) is 158 cm³/mol. The molecule has 2 atom stereocenters. The van der Waals surface area contributed by atoms with Gasteiger partial charge in [-0.25, -0.2) is 8.42 Å². The molecule has 0 fully saturated rings. The Kier molecular flexibility index (Phi) is 10.3. The van der Waals surface area contributed by atoms with Crippen molar-refractivity contribution in [2.24, 2.45) is 0 Å². The number of amides is 2. The second-order valence-corrected chi connectivity index (χ2v) is 11.9. The third kappa shape index (κ3) is 7.41. The SMILES string of the molecule is CCC(C)NC(=O)C(C)N(Cc1ccc(C)cc1)C(=O)CN(c1ccccc1OC)S(=O)(=O)c1ccc(C)cc1. The minimum atomic E-state index is -4.17. The maximum Gasteiger partial charge on any atom is 0.264 e. The number of carbonyl (C=O) groups excluding carboxylic acids is 2. The molecule has 40 heavy (non-hydrogen) atoms. The van der Waals surface area contributed by atoms with Gasteiger partial charge in [0.05, 0.1) is 17.7 Å². The summed E-state index contributed by atoms with van der Waals surface area (Å²) < 4.78 is 34.5. The standard InChI is InChI=1S/C31H39N3O5S/c1-7-24(4)32-31(36)25(5)33(20-26-16-12-22(2)13-17-26)30(35)21-34(28-10-8-9-11-29(28)39-6)40(37,38)27-18-14-23(3)15-19-27/h8-19,24-25H,7,20-21H2,1-6H3,(H,32,36). The number of aryl methyl sites for hydroxylation is 2. The summed E-state index contributed by atoms with van der Waals surface area (Å²) in [7, 11) is -2.73. The topological polar surface area (TPSA) is 96.0 Å². The van der Waals surface area contributed by atoms with E-state index in [0.29, 0.717) is 5.75 Å². The molecule has 0 aliphatic carbocycles. The molecular weight excluding hydrogens is 526 g/mol. The number of sulfonamides is 1. The smallest absolute Gasteiger partial charge is 0.264 e. The Bertz CT molecular complexity index is 1410. The van der Waals surface area contributed by atoms with Crippen LogP contribution in [0.25, 0.3) is 0 Å². The summed E-state index contributed by atoms with van der Waals surface area (Å²) in [5, 5.41) is 2.94. The van der Waals surface area contributed by atoms with Crippen LogP contribution in [0.4, 0.5) is 5.69 Å². The number of nitrogens with zero attached hydrogens (tertiary/aromatic N) is 2. The zero-order valence-corrected chi connectivity index (χ0v) is 24.9. The van der Waals surface area contributed by atoms with Gasteiger partial charge < -0.3 is 15.0 Å². The van der Waals surface area contributed by atoms with Crippen LogP contribution in [-0.2, 0) is 26.2 Å². The van der Waals surface area contributed by atoms with Crippen LogP contribution in [0.2, 0.25) is 0 Å². The van der Waals surface area contributed by atoms with E-state index in [0.717, 1.165) is 27.4 Å². The maximum absolute atomic E-state index is 14.0. The second kappa shape index (κ2) is 13.5. The fourth-order valence-electron chi connectivity index (χ4n) is 4.12. The molecule has 3 aromatic carbocycles. The minimum absolute atomic E-state index is 0.0458. The molecule has 0 saturated carbocycles. The summed E-state index contributed by atoms with van der Waals surface area (Å²) in [6.45, 7) is 8.97. The van der Waals surface area contributed by atoms with Crippen molar-refractivity contribution in [1.29, 1.82) is 0 Å². The van der Waals surface area contributed by atoms with E-state index in [9.17, 15) is 18.0 Å². The summed E-state index contributed by atoms with van der Waals surface area (Å²) in [6, 6.07) is 19.9. The first kappa shape index (κ1) is 30.7. The molecule has 0 radical (unpaired) electrons. The minimum Gasteiger partial charge on any atom is -0.495 e. The highest BCUT2D eigenvalue weighted by Crippen LogP contribution is 2.32. The third-order valence-corrected chi connectivity index (χ3v) is 8.66. The van der Waals surface area contributed by atoms with Crippen molar-refractivity contribution >= 4 is 27.5 Å². The van der Waals surface area contributed by atoms with Gasteiger partial charge in [0.15, 0.2) is 0 Å². The maximum atomic E-state index is 14.0. The Morgan fingerprint density at radius 1 is 0.900 bits per heavy atom. The first-order chi connectivity index (χ1) is 19.0. The van der Waals surface area contributed by atoms with E-state index in [1.165, 1.54) is 24.1 Å². The average molecular weight is 566 g/mol. The van der Waals surface area contributed by atoms with Gasteiger partial charge in [0, 0.05) is 12.6 Å². The Hall–Kier alpha value is -3.85. The van der Waals surface area contributed by atoms with Crippen LogP contribution in [0.3, 0.4) is 0 Å². The zero-order chi connectivity index (χ0) is 29.4. The van der Waals surface area contributed by atoms with Gasteiger partial charge in [0.1, 0.15) is 18.3 Å². The molecule has 0 aliphatic rings. The van der Waals surface area contributed by atoms with E-state index < -0.39 is 28.5 Å². The van der Waals surface area contributed by atoms with Crippen LogP contribution in [0.1, 0.15) is 43.9 Å². The van der Waals surface area contributed by atoms with E-state index >= 15 is 0 Å². The molecule has 2 amide bonds. The lowest BCUT2D eigenvalue weighted by molar-refractivity contribution is -0.139. The lowest BCUT2D eigenvalue weighted by Gasteiger charge is -2.32. The van der Waals surface area contributed by atoms with Crippen LogP contribution in [0.15, 0.2) is 77.7 Å². The number of hydrogen-bond acceptors (Lipinski definition) is 5. The van der Waals surface area contributed by atoms with E-state index in [1.807, 2.05) is 52.0 Å². The fraction of sp³-hybridized carbons (Fsp3) is 0.355. The molecule has 0 spiro atoms. The molecule has 0 aromatic heterocycles. The summed E-state index contributed by atoms with van der Waals surface area (Å²) in [6.07, 6.45) is 0.737. The molecule has 2 unspecified atom stereocenters. The lowest BCUT2D eigenvalue weighted by atomic mass is 10.1. The molecule has 8 nitrogen and oxygen atoms in total. The second-order valence-electron chi connectivity index (χ2n) is 10.00. The van der Waals surface area contributed by atoms with Crippen molar-refractivity contribution in [2.45, 2.75) is 64.6 Å². The number of benzene rings is 3. The van der Waals surface area contributed by atoms with Gasteiger partial charge in [-0.2, -0.15) is 0 Å². The van der Waals surface area contributed by atoms with Crippen molar-refractivity contribution in [1.82, 2.24) is 10.2 Å². The number of para-hydroxylation sites is 2. The number of hydrogen-bond donors (Lipinski definition) is 1. The van der Waals surface area contributed by atoms with Crippen LogP contribution >= 0.6 is 0 Å². The summed E-state index contributed by atoms with van der Waals surface area (Å²) in [4.78, 5) is 28.7. The highest BCUT2D eigenvalue weighted by atomic mass is 32.2. The molecule has 1 N–H and O–H groups in total. The van der Waals surface area contributed by atoms with Crippen LogP contribution < -0.4 is 14.4 Å². The highest BCUT2D eigenvalue weighted by Gasteiger charge is 2.34. The third-order valence-electron chi connectivity index (χ3n) is 6.88. The first-order valence-corrected chi connectivity index (χ1v) is 14.8. The van der Waals surface area contributed by atoms with Crippen LogP contribution in [-0.4, -0.2) is 50.9 Å². The Morgan fingerprint density at radius 2 is 1.48 bits per heavy atom. The summed E-state index contributed by atoms with van der Waals surface area (Å²) in [5.41, 5.74) is 3.03. The molecule has 3 aromatic rings. The number of methoxy groups -OCH3 is 1. The van der Waals surface area contributed by atoms with Gasteiger partial charge in [0.25, 0.3) is 10.0 Å². The first-order valence-electron chi connectivity index (χ1n) is 13.4. The molecule has 0 aliphatic heterocycles. The Balaban J connectivity index is 2.06. The van der Waals surface area contributed by atoms with Gasteiger partial charge in [-0.3, -0.25) is 13.9 Å². The monoisotopic (exact) mass is 565 g/mol. The molecular formula is C31H39N3O5S. The van der Waals surface area contributed by atoms with Gasteiger partial charge in [-0.05, 0) is 63.9 Å². The van der Waals surface area contributed by atoms with E-state index in [4.69, 9.17) is 4.74 Å². The quantitative estimate of drug-likeness (QED) is 0.339. The number of nitrogens with one attached hydrogen (secondary N) is 1. The van der Waals surface area contributed by atoms with Crippen molar-refractivity contribution in [3.8, 4) is 5.75 Å². The molecule has 3 rings (SSSR count). The largest absolute Gasteiger partial charge is 0.495 e. The average Bonchev–Trinajstić information content (AvgIpc) is 2.95. The zero-order valence-electron chi connectivity index (χ0n) is 24.0. The lowest BCUT2D eigenvalue weighted by Crippen LogP contribution is -2.52. The van der Waals surface area contributed by atoms with Crippen molar-refractivity contribution in [3.63, 3.8) is 0 Å². The molecule has 0 saturated heterocycles. The van der Waals surface area contributed by atoms with E-state index in [2.05, 4.69) is 5.32 Å². The van der Waals surface area contributed by atoms with Crippen LogP contribution in [0.5, 0.6) is 5.75 Å². The molecule has 0 heterocycles. The number of anilines is 1. The van der Waals surface area contributed by atoms with Crippen LogP contribution in [0, 0.1) is 13.8 Å². The van der Waals surface area contributed by atoms with Gasteiger partial charge in [0.2, 0.25) is 11.8 Å². The molecule has 0 bridgehead atoms. The summed E-state index contributed by atoms with van der Waals surface area (Å²) in [5.74, 6) is -0.521. The van der Waals surface area contributed by atoms with Gasteiger partial charge in [-0.1, -0.05) is 66.6 Å². The fourth-order valence-corrected chi connectivity index (χ4v) is 5.55. The van der Waals surface area contributed by atoms with E-state index in [-0.39, 0.29) is 29.1 Å². The molecule has 214 valence electrons. The molecule has 9 heteroatoms. The summed E-state index contributed by atoms with van der Waals surface area (Å²) >= 11 is 0. The highest BCUT2D eigenvalue weighted by molar-refractivity contribution is 7.92. The normalized spacial score (nSPS) is 12.8. The predicted octanol–water partition coefficient (Wildman–Crippen LogP) is 4.84. The van der Waals surface area contributed by atoms with Crippen molar-refractivity contribution in [3.05, 3.63) is 89.5 Å². The number of ether oxygens (including phenoxy) is 1. The number of rotatable bonds is 12. The van der Waals surface area contributed by atoms with Crippen molar-refractivity contribution < 1.29 is 22.7 Å².